The number of nitro groups is 1. The molecule has 124 valence electrons. The van der Waals surface area contributed by atoms with E-state index in [2.05, 4.69) is 10.2 Å². The van der Waals surface area contributed by atoms with Crippen molar-refractivity contribution in [3.8, 4) is 0 Å². The molecule has 24 heavy (non-hydrogen) atoms. The monoisotopic (exact) mass is 326 g/mol. The molecule has 0 saturated carbocycles. The molecular weight excluding hydrogens is 308 g/mol. The highest BCUT2D eigenvalue weighted by molar-refractivity contribution is 6.06. The summed E-state index contributed by atoms with van der Waals surface area (Å²) in [5, 5.41) is 13.8. The summed E-state index contributed by atoms with van der Waals surface area (Å²) in [6.45, 7) is 1.92. The van der Waals surface area contributed by atoms with Crippen molar-refractivity contribution in [3.63, 3.8) is 0 Å². The molecule has 0 atom stereocenters. The molecule has 1 saturated heterocycles. The SMILES string of the molecule is Nc1ccc(C(=O)Nc2ccccc2N2CCCC2)cc1[N+](=O)[O-]. The van der Waals surface area contributed by atoms with Gasteiger partial charge in [0.05, 0.1) is 16.3 Å². The zero-order valence-corrected chi connectivity index (χ0v) is 13.1. The van der Waals surface area contributed by atoms with Crippen molar-refractivity contribution in [2.45, 2.75) is 12.8 Å². The minimum absolute atomic E-state index is 0.0361. The summed E-state index contributed by atoms with van der Waals surface area (Å²) in [5.74, 6) is -0.398. The molecule has 0 aliphatic carbocycles. The molecule has 1 amide bonds. The number of benzene rings is 2. The van der Waals surface area contributed by atoms with E-state index in [1.165, 1.54) is 18.2 Å². The van der Waals surface area contributed by atoms with Crippen molar-refractivity contribution in [2.24, 2.45) is 0 Å². The summed E-state index contributed by atoms with van der Waals surface area (Å²) in [4.78, 5) is 25.1. The smallest absolute Gasteiger partial charge is 0.292 e. The number of para-hydroxylation sites is 2. The number of anilines is 3. The van der Waals surface area contributed by atoms with Crippen LogP contribution in [0.4, 0.5) is 22.7 Å². The number of hydrogen-bond donors (Lipinski definition) is 2. The van der Waals surface area contributed by atoms with Gasteiger partial charge in [0.15, 0.2) is 0 Å². The van der Waals surface area contributed by atoms with E-state index in [1.54, 1.807) is 0 Å². The van der Waals surface area contributed by atoms with Gasteiger partial charge >= 0.3 is 0 Å². The Hall–Kier alpha value is -3.09. The zero-order chi connectivity index (χ0) is 17.1. The lowest BCUT2D eigenvalue weighted by atomic mass is 10.1. The van der Waals surface area contributed by atoms with Crippen molar-refractivity contribution in [1.29, 1.82) is 0 Å². The van der Waals surface area contributed by atoms with E-state index in [0.717, 1.165) is 31.6 Å². The summed E-state index contributed by atoms with van der Waals surface area (Å²) < 4.78 is 0. The number of nitrogens with one attached hydrogen (secondary N) is 1. The van der Waals surface area contributed by atoms with Crippen molar-refractivity contribution in [1.82, 2.24) is 0 Å². The summed E-state index contributed by atoms with van der Waals surface area (Å²) >= 11 is 0. The summed E-state index contributed by atoms with van der Waals surface area (Å²) in [6.07, 6.45) is 2.26. The van der Waals surface area contributed by atoms with Crippen LogP contribution in [0.5, 0.6) is 0 Å². The Morgan fingerprint density at radius 2 is 1.88 bits per heavy atom. The maximum absolute atomic E-state index is 12.5. The number of nitro benzene ring substituents is 1. The second-order valence-corrected chi connectivity index (χ2v) is 5.70. The van der Waals surface area contributed by atoms with Crippen LogP contribution in [0.15, 0.2) is 42.5 Å². The fourth-order valence-corrected chi connectivity index (χ4v) is 2.85. The fourth-order valence-electron chi connectivity index (χ4n) is 2.85. The van der Waals surface area contributed by atoms with Gasteiger partial charge in [-0.05, 0) is 37.1 Å². The zero-order valence-electron chi connectivity index (χ0n) is 13.1. The van der Waals surface area contributed by atoms with Gasteiger partial charge in [-0.25, -0.2) is 0 Å². The normalized spacial score (nSPS) is 13.8. The van der Waals surface area contributed by atoms with Crippen LogP contribution in [0, 0.1) is 10.1 Å². The first kappa shape index (κ1) is 15.8. The van der Waals surface area contributed by atoms with Crippen LogP contribution >= 0.6 is 0 Å². The van der Waals surface area contributed by atoms with Crippen LogP contribution in [0.1, 0.15) is 23.2 Å². The minimum atomic E-state index is -0.593. The number of hydrogen-bond acceptors (Lipinski definition) is 5. The van der Waals surface area contributed by atoms with Crippen molar-refractivity contribution in [2.75, 3.05) is 29.0 Å². The van der Waals surface area contributed by atoms with E-state index >= 15 is 0 Å². The number of nitrogen functional groups attached to an aromatic ring is 1. The molecule has 7 heteroatoms. The first-order chi connectivity index (χ1) is 11.6. The van der Waals surface area contributed by atoms with Crippen molar-refractivity contribution in [3.05, 3.63) is 58.1 Å². The third kappa shape index (κ3) is 3.15. The van der Waals surface area contributed by atoms with Gasteiger partial charge in [0.1, 0.15) is 5.69 Å². The average molecular weight is 326 g/mol. The first-order valence-corrected chi connectivity index (χ1v) is 7.75. The Bertz CT molecular complexity index is 785. The number of nitrogens with two attached hydrogens (primary N) is 1. The van der Waals surface area contributed by atoms with Gasteiger partial charge in [-0.15, -0.1) is 0 Å². The Balaban J connectivity index is 1.85. The highest BCUT2D eigenvalue weighted by atomic mass is 16.6. The highest BCUT2D eigenvalue weighted by Gasteiger charge is 2.19. The van der Waals surface area contributed by atoms with Gasteiger partial charge in [-0.3, -0.25) is 14.9 Å². The van der Waals surface area contributed by atoms with E-state index in [1.807, 2.05) is 24.3 Å². The van der Waals surface area contributed by atoms with Crippen molar-refractivity contribution >= 4 is 28.7 Å². The van der Waals surface area contributed by atoms with Gasteiger partial charge in [0.2, 0.25) is 0 Å². The quantitative estimate of drug-likeness (QED) is 0.511. The second kappa shape index (κ2) is 6.57. The van der Waals surface area contributed by atoms with E-state index in [-0.39, 0.29) is 16.9 Å². The molecule has 0 unspecified atom stereocenters. The topological polar surface area (TPSA) is 102 Å². The van der Waals surface area contributed by atoms with E-state index in [0.29, 0.717) is 5.69 Å². The standard InChI is InChI=1S/C17H18N4O3/c18-13-8-7-12(11-16(13)21(23)24)17(22)19-14-5-1-2-6-15(14)20-9-3-4-10-20/h1-2,5-8,11H,3-4,9-10,18H2,(H,19,22). The molecule has 1 heterocycles. The summed E-state index contributed by atoms with van der Waals surface area (Å²) in [6, 6.07) is 11.6. The predicted molar refractivity (Wildman–Crippen MR) is 93.4 cm³/mol. The lowest BCUT2D eigenvalue weighted by Crippen LogP contribution is -2.21. The molecule has 1 aliphatic rings. The van der Waals surface area contributed by atoms with Crippen LogP contribution in [-0.4, -0.2) is 23.9 Å². The number of amides is 1. The van der Waals surface area contributed by atoms with Crippen molar-refractivity contribution < 1.29 is 9.72 Å². The van der Waals surface area contributed by atoms with Crippen LogP contribution in [-0.2, 0) is 0 Å². The molecule has 0 bridgehead atoms. The fraction of sp³-hybridized carbons (Fsp3) is 0.235. The number of carbonyl (C=O) groups excluding carboxylic acids is 1. The minimum Gasteiger partial charge on any atom is -0.393 e. The third-order valence-electron chi connectivity index (χ3n) is 4.09. The van der Waals surface area contributed by atoms with E-state index in [4.69, 9.17) is 5.73 Å². The van der Waals surface area contributed by atoms with Crippen LogP contribution in [0.2, 0.25) is 0 Å². The largest absolute Gasteiger partial charge is 0.393 e. The molecule has 7 nitrogen and oxygen atoms in total. The molecule has 0 spiro atoms. The predicted octanol–water partition coefficient (Wildman–Crippen LogP) is 3.03. The van der Waals surface area contributed by atoms with E-state index in [9.17, 15) is 14.9 Å². The van der Waals surface area contributed by atoms with Gasteiger partial charge < -0.3 is 16.0 Å². The lowest BCUT2D eigenvalue weighted by molar-refractivity contribution is -0.383. The molecule has 3 N–H and O–H groups in total. The average Bonchev–Trinajstić information content (AvgIpc) is 3.09. The van der Waals surface area contributed by atoms with Gasteiger partial charge in [0, 0.05) is 24.7 Å². The molecule has 0 aromatic heterocycles. The molecular formula is C17H18N4O3. The Labute approximate surface area is 139 Å². The molecule has 2 aromatic carbocycles. The first-order valence-electron chi connectivity index (χ1n) is 7.75. The van der Waals surface area contributed by atoms with Gasteiger partial charge in [0.25, 0.3) is 11.6 Å². The molecule has 3 rings (SSSR count). The number of nitrogens with zero attached hydrogens (tertiary/aromatic N) is 2. The van der Waals surface area contributed by atoms with Crippen LogP contribution in [0.3, 0.4) is 0 Å². The van der Waals surface area contributed by atoms with Gasteiger partial charge in [-0.2, -0.15) is 0 Å². The Morgan fingerprint density at radius 3 is 2.58 bits per heavy atom. The van der Waals surface area contributed by atoms with Crippen LogP contribution < -0.4 is 16.0 Å². The molecule has 1 fully saturated rings. The Morgan fingerprint density at radius 1 is 1.17 bits per heavy atom. The lowest BCUT2D eigenvalue weighted by Gasteiger charge is -2.21. The molecule has 2 aromatic rings. The second-order valence-electron chi connectivity index (χ2n) is 5.70. The molecule has 1 aliphatic heterocycles. The van der Waals surface area contributed by atoms with Crippen LogP contribution in [0.25, 0.3) is 0 Å². The third-order valence-corrected chi connectivity index (χ3v) is 4.09. The van der Waals surface area contributed by atoms with E-state index < -0.39 is 10.8 Å². The summed E-state index contributed by atoms with van der Waals surface area (Å²) in [7, 11) is 0. The Kier molecular flexibility index (Phi) is 4.33. The maximum atomic E-state index is 12.5. The summed E-state index contributed by atoms with van der Waals surface area (Å²) in [5.41, 5.74) is 7.20. The van der Waals surface area contributed by atoms with Gasteiger partial charge in [-0.1, -0.05) is 12.1 Å². The number of rotatable bonds is 4. The number of carbonyl (C=O) groups is 1. The molecule has 0 radical (unpaired) electrons. The highest BCUT2D eigenvalue weighted by Crippen LogP contribution is 2.29. The maximum Gasteiger partial charge on any atom is 0.292 e.